The molecule has 1 aromatic carbocycles. The summed E-state index contributed by atoms with van der Waals surface area (Å²) in [7, 11) is 0. The predicted octanol–water partition coefficient (Wildman–Crippen LogP) is 3.59. The van der Waals surface area contributed by atoms with Crippen molar-refractivity contribution in [3.63, 3.8) is 0 Å². The van der Waals surface area contributed by atoms with Crippen LogP contribution < -0.4 is 5.32 Å². The maximum atomic E-state index is 12.4. The Morgan fingerprint density at radius 2 is 2.03 bits per heavy atom. The number of rotatable bonds is 4. The maximum absolute atomic E-state index is 12.4. The number of hydrogen-bond acceptors (Lipinski definition) is 6. The molecule has 2 saturated heterocycles. The minimum absolute atomic E-state index is 0.194. The van der Waals surface area contributed by atoms with Gasteiger partial charge in [0.25, 0.3) is 0 Å². The van der Waals surface area contributed by atoms with Crippen molar-refractivity contribution in [1.29, 1.82) is 5.26 Å². The van der Waals surface area contributed by atoms with Gasteiger partial charge in [-0.1, -0.05) is 0 Å². The Bertz CT molecular complexity index is 845. The van der Waals surface area contributed by atoms with Gasteiger partial charge in [0.15, 0.2) is 0 Å². The molecule has 3 aliphatic rings. The number of benzene rings is 1. The molecule has 168 valence electrons. The van der Waals surface area contributed by atoms with Gasteiger partial charge in [0.2, 0.25) is 0 Å². The number of carbonyl (C=O) groups excluding carboxylic acids is 1. The molecule has 2 heterocycles. The van der Waals surface area contributed by atoms with E-state index >= 15 is 0 Å². The van der Waals surface area contributed by atoms with E-state index in [9.17, 15) is 10.1 Å². The summed E-state index contributed by atoms with van der Waals surface area (Å²) in [5, 5.41) is 13.2. The Labute approximate surface area is 185 Å². The van der Waals surface area contributed by atoms with Crippen LogP contribution >= 0.6 is 0 Å². The molecule has 0 unspecified atom stereocenters. The molecule has 1 saturated carbocycles. The molecule has 1 spiro atoms. The summed E-state index contributed by atoms with van der Waals surface area (Å²) in [5.41, 5.74) is 2.65. The molecule has 7 nitrogen and oxygen atoms in total. The Morgan fingerprint density at radius 1 is 1.29 bits per heavy atom. The molecule has 0 aromatic heterocycles. The van der Waals surface area contributed by atoms with Crippen molar-refractivity contribution < 1.29 is 14.3 Å². The van der Waals surface area contributed by atoms with E-state index in [1.165, 1.54) is 0 Å². The standard InChI is InChI=1S/C24H34N4O3/c1-23(2,3)31-22(29)28-7-6-24(17-28)13-21(14-24)26-20-5-4-18(15-25)19(12-20)16-27-8-10-30-11-9-27/h4-5,12,21,26H,6-11,13-14,16-17H2,1-3H3. The summed E-state index contributed by atoms with van der Waals surface area (Å²) in [5.74, 6) is 0. The highest BCUT2D eigenvalue weighted by atomic mass is 16.6. The van der Waals surface area contributed by atoms with Crippen molar-refractivity contribution in [2.75, 3.05) is 44.7 Å². The average molecular weight is 427 g/mol. The van der Waals surface area contributed by atoms with Gasteiger partial charge in [-0.15, -0.1) is 0 Å². The molecule has 0 atom stereocenters. The molecule has 7 heteroatoms. The first-order valence-electron chi connectivity index (χ1n) is 11.3. The zero-order valence-corrected chi connectivity index (χ0v) is 18.9. The van der Waals surface area contributed by atoms with Crippen LogP contribution in [0.15, 0.2) is 18.2 Å². The third-order valence-corrected chi connectivity index (χ3v) is 6.54. The third kappa shape index (κ3) is 5.31. The van der Waals surface area contributed by atoms with Crippen molar-refractivity contribution in [1.82, 2.24) is 9.80 Å². The maximum Gasteiger partial charge on any atom is 0.410 e. The van der Waals surface area contributed by atoms with Gasteiger partial charge in [-0.3, -0.25) is 4.90 Å². The largest absolute Gasteiger partial charge is 0.444 e. The van der Waals surface area contributed by atoms with Crippen LogP contribution in [0.2, 0.25) is 0 Å². The first-order chi connectivity index (χ1) is 14.8. The molecule has 1 aromatic rings. The zero-order valence-electron chi connectivity index (χ0n) is 18.9. The summed E-state index contributed by atoms with van der Waals surface area (Å²) in [6.07, 6.45) is 2.97. The molecule has 1 amide bonds. The second-order valence-corrected chi connectivity index (χ2v) is 10.3. The number of ether oxygens (including phenoxy) is 2. The fourth-order valence-electron chi connectivity index (χ4n) is 5.00. The molecule has 0 bridgehead atoms. The Morgan fingerprint density at radius 3 is 2.71 bits per heavy atom. The highest BCUT2D eigenvalue weighted by molar-refractivity contribution is 5.68. The second-order valence-electron chi connectivity index (χ2n) is 10.3. The van der Waals surface area contributed by atoms with Gasteiger partial charge in [-0.05, 0) is 69.2 Å². The Balaban J connectivity index is 1.32. The number of morpholine rings is 1. The summed E-state index contributed by atoms with van der Waals surface area (Å²) in [4.78, 5) is 16.6. The molecule has 1 N–H and O–H groups in total. The minimum Gasteiger partial charge on any atom is -0.444 e. The number of nitrogens with one attached hydrogen (secondary N) is 1. The van der Waals surface area contributed by atoms with Gasteiger partial charge < -0.3 is 19.7 Å². The van der Waals surface area contributed by atoms with Crippen LogP contribution in [0.25, 0.3) is 0 Å². The number of nitriles is 1. The molecular formula is C24H34N4O3. The number of anilines is 1. The van der Waals surface area contributed by atoms with Crippen LogP contribution in [0, 0.1) is 16.7 Å². The monoisotopic (exact) mass is 426 g/mol. The summed E-state index contributed by atoms with van der Waals surface area (Å²) >= 11 is 0. The molecule has 1 aliphatic carbocycles. The Hall–Kier alpha value is -2.30. The number of likely N-dealkylation sites (tertiary alicyclic amines) is 1. The molecule has 31 heavy (non-hydrogen) atoms. The highest BCUT2D eigenvalue weighted by Gasteiger charge is 2.50. The molecule has 3 fully saturated rings. The van der Waals surface area contributed by atoms with Crippen molar-refractivity contribution in [2.24, 2.45) is 5.41 Å². The van der Waals surface area contributed by atoms with Crippen LogP contribution in [0.4, 0.5) is 10.5 Å². The van der Waals surface area contributed by atoms with Crippen molar-refractivity contribution in [3.05, 3.63) is 29.3 Å². The SMILES string of the molecule is CC(C)(C)OC(=O)N1CCC2(CC(Nc3ccc(C#N)c(CN4CCOCC4)c3)C2)C1. The molecule has 4 rings (SSSR count). The lowest BCUT2D eigenvalue weighted by Crippen LogP contribution is -2.47. The lowest BCUT2D eigenvalue weighted by Gasteiger charge is -2.45. The van der Waals surface area contributed by atoms with E-state index in [1.54, 1.807) is 0 Å². The van der Waals surface area contributed by atoms with Crippen molar-refractivity contribution in [3.8, 4) is 6.07 Å². The smallest absolute Gasteiger partial charge is 0.410 e. The summed E-state index contributed by atoms with van der Waals surface area (Å²) in [6, 6.07) is 8.79. The number of amides is 1. The van der Waals surface area contributed by atoms with Crippen LogP contribution in [-0.4, -0.2) is 66.9 Å². The zero-order chi connectivity index (χ0) is 22.1. The quantitative estimate of drug-likeness (QED) is 0.793. The van der Waals surface area contributed by atoms with Crippen molar-refractivity contribution in [2.45, 2.75) is 58.2 Å². The summed E-state index contributed by atoms with van der Waals surface area (Å²) in [6.45, 7) is 11.4. The second kappa shape index (κ2) is 8.68. The lowest BCUT2D eigenvalue weighted by atomic mass is 9.65. The van der Waals surface area contributed by atoms with E-state index in [2.05, 4.69) is 22.4 Å². The van der Waals surface area contributed by atoms with Crippen LogP contribution in [0.5, 0.6) is 0 Å². The number of hydrogen-bond donors (Lipinski definition) is 1. The normalized spacial score (nSPS) is 26.4. The number of carbonyl (C=O) groups is 1. The van der Waals surface area contributed by atoms with E-state index < -0.39 is 5.60 Å². The van der Waals surface area contributed by atoms with E-state index in [1.807, 2.05) is 37.8 Å². The van der Waals surface area contributed by atoms with Gasteiger partial charge in [0.05, 0.1) is 24.8 Å². The lowest BCUT2D eigenvalue weighted by molar-refractivity contribution is 0.0237. The topological polar surface area (TPSA) is 77.8 Å². The van der Waals surface area contributed by atoms with Crippen LogP contribution in [0.1, 0.15) is 51.2 Å². The average Bonchev–Trinajstić information content (AvgIpc) is 3.13. The highest BCUT2D eigenvalue weighted by Crippen LogP contribution is 2.49. The van der Waals surface area contributed by atoms with E-state index in [4.69, 9.17) is 9.47 Å². The first-order valence-corrected chi connectivity index (χ1v) is 11.3. The molecule has 0 radical (unpaired) electrons. The minimum atomic E-state index is -0.453. The summed E-state index contributed by atoms with van der Waals surface area (Å²) < 4.78 is 11.0. The van der Waals surface area contributed by atoms with Gasteiger partial charge in [0.1, 0.15) is 5.60 Å². The van der Waals surface area contributed by atoms with Gasteiger partial charge >= 0.3 is 6.09 Å². The molecular weight excluding hydrogens is 392 g/mol. The van der Waals surface area contributed by atoms with E-state index in [-0.39, 0.29) is 11.5 Å². The van der Waals surface area contributed by atoms with E-state index in [0.29, 0.717) is 6.04 Å². The van der Waals surface area contributed by atoms with Crippen molar-refractivity contribution >= 4 is 11.8 Å². The van der Waals surface area contributed by atoms with Crippen LogP contribution in [0.3, 0.4) is 0 Å². The fourth-order valence-corrected chi connectivity index (χ4v) is 5.00. The fraction of sp³-hybridized carbons (Fsp3) is 0.667. The predicted molar refractivity (Wildman–Crippen MR) is 119 cm³/mol. The Kier molecular flexibility index (Phi) is 6.14. The van der Waals surface area contributed by atoms with Gasteiger partial charge in [0, 0.05) is 44.5 Å². The van der Waals surface area contributed by atoms with Crippen LogP contribution in [-0.2, 0) is 16.0 Å². The third-order valence-electron chi connectivity index (χ3n) is 6.54. The number of nitrogens with zero attached hydrogens (tertiary/aromatic N) is 3. The van der Waals surface area contributed by atoms with E-state index in [0.717, 1.165) is 82.0 Å². The van der Waals surface area contributed by atoms with Gasteiger partial charge in [-0.2, -0.15) is 5.26 Å². The first kappa shape index (κ1) is 21.9. The van der Waals surface area contributed by atoms with Gasteiger partial charge in [-0.25, -0.2) is 4.79 Å². The molecule has 2 aliphatic heterocycles.